The second kappa shape index (κ2) is 8.05. The molecule has 1 aromatic heterocycles. The van der Waals surface area contributed by atoms with Crippen molar-refractivity contribution < 1.29 is 14.6 Å². The molecule has 0 aliphatic carbocycles. The van der Waals surface area contributed by atoms with Gasteiger partial charge in [0.25, 0.3) is 0 Å². The fourth-order valence-corrected chi connectivity index (χ4v) is 3.33. The largest absolute Gasteiger partial charge is 0.507 e. The average Bonchev–Trinajstić information content (AvgIpc) is 2.67. The number of halogens is 1. The number of benzene rings is 2. The zero-order chi connectivity index (χ0) is 20.4. The maximum Gasteiger partial charge on any atom is 0.248 e. The van der Waals surface area contributed by atoms with Crippen LogP contribution in [0, 0.1) is 0 Å². The van der Waals surface area contributed by atoms with Crippen LogP contribution in [0.5, 0.6) is 11.5 Å². The number of anilines is 1. The Balaban J connectivity index is 1.92. The Morgan fingerprint density at radius 2 is 1.89 bits per heavy atom. The lowest BCUT2D eigenvalue weighted by Crippen LogP contribution is -2.10. The van der Waals surface area contributed by atoms with Crippen LogP contribution in [0.25, 0.3) is 11.1 Å². The summed E-state index contributed by atoms with van der Waals surface area (Å²) in [4.78, 5) is 15.4. The third kappa shape index (κ3) is 4.03. The predicted molar refractivity (Wildman–Crippen MR) is 114 cm³/mol. The third-order valence-electron chi connectivity index (χ3n) is 4.29. The molecular formula is C20H19ClN3O3P. The van der Waals surface area contributed by atoms with E-state index in [1.165, 1.54) is 0 Å². The van der Waals surface area contributed by atoms with Gasteiger partial charge in [0.1, 0.15) is 11.9 Å². The number of amides is 1. The van der Waals surface area contributed by atoms with Gasteiger partial charge in [0, 0.05) is 22.6 Å². The molecule has 3 rings (SSSR count). The van der Waals surface area contributed by atoms with Crippen LogP contribution in [-0.2, 0) is 0 Å². The van der Waals surface area contributed by atoms with Crippen molar-refractivity contribution in [2.45, 2.75) is 13.0 Å². The second-order valence-electron chi connectivity index (χ2n) is 6.21. The summed E-state index contributed by atoms with van der Waals surface area (Å²) in [5.41, 5.74) is 13.7. The summed E-state index contributed by atoms with van der Waals surface area (Å²) in [7, 11) is 2.45. The first-order valence-corrected chi connectivity index (χ1v) is 9.32. The molecule has 144 valence electrons. The average molecular weight is 416 g/mol. The van der Waals surface area contributed by atoms with E-state index in [1.807, 2.05) is 0 Å². The van der Waals surface area contributed by atoms with Crippen LogP contribution in [-0.4, -0.2) is 16.0 Å². The van der Waals surface area contributed by atoms with E-state index in [-0.39, 0.29) is 11.6 Å². The van der Waals surface area contributed by atoms with Crippen molar-refractivity contribution in [1.82, 2.24) is 4.98 Å². The Hall–Kier alpha value is -2.82. The Kier molecular flexibility index (Phi) is 5.73. The Morgan fingerprint density at radius 3 is 2.54 bits per heavy atom. The van der Waals surface area contributed by atoms with Gasteiger partial charge in [-0.25, -0.2) is 4.98 Å². The van der Waals surface area contributed by atoms with Crippen molar-refractivity contribution in [2.24, 2.45) is 5.73 Å². The SMILES string of the molecule is CC(Oc1cc(-c2ccc(C(N)=O)cc2)cnc1N)c1c(Cl)ccc(P)c1O. The van der Waals surface area contributed by atoms with Crippen LogP contribution in [0.2, 0.25) is 5.02 Å². The maximum absolute atomic E-state index is 11.2. The van der Waals surface area contributed by atoms with Crippen LogP contribution in [0.3, 0.4) is 0 Å². The number of phenolic OH excluding ortho intramolecular Hbond substituents is 1. The topological polar surface area (TPSA) is 111 Å². The fourth-order valence-electron chi connectivity index (χ4n) is 2.77. The number of primary amides is 1. The van der Waals surface area contributed by atoms with Gasteiger partial charge in [0.15, 0.2) is 11.6 Å². The number of aromatic nitrogens is 1. The summed E-state index contributed by atoms with van der Waals surface area (Å²) in [5.74, 6) is 0.123. The lowest BCUT2D eigenvalue weighted by atomic mass is 10.0. The van der Waals surface area contributed by atoms with Crippen molar-refractivity contribution in [3.63, 3.8) is 0 Å². The van der Waals surface area contributed by atoms with Crippen molar-refractivity contribution in [3.8, 4) is 22.6 Å². The molecule has 5 N–H and O–H groups in total. The fraction of sp³-hybridized carbons (Fsp3) is 0.100. The van der Waals surface area contributed by atoms with E-state index in [0.29, 0.717) is 27.2 Å². The first kappa shape index (κ1) is 19.9. The minimum atomic E-state index is -0.565. The Morgan fingerprint density at radius 1 is 1.21 bits per heavy atom. The number of nitrogens with two attached hydrogens (primary N) is 2. The molecule has 8 heteroatoms. The second-order valence-corrected chi connectivity index (χ2v) is 7.24. The molecule has 2 atom stereocenters. The molecule has 0 bridgehead atoms. The number of aromatic hydroxyl groups is 1. The number of rotatable bonds is 5. The number of phenols is 1. The van der Waals surface area contributed by atoms with Gasteiger partial charge >= 0.3 is 0 Å². The monoisotopic (exact) mass is 415 g/mol. The highest BCUT2D eigenvalue weighted by Gasteiger charge is 2.19. The predicted octanol–water partition coefficient (Wildman–Crippen LogP) is 3.43. The third-order valence-corrected chi connectivity index (χ3v) is 5.09. The summed E-state index contributed by atoms with van der Waals surface area (Å²) < 4.78 is 5.96. The molecule has 1 heterocycles. The van der Waals surface area contributed by atoms with Crippen LogP contribution in [0.4, 0.5) is 5.82 Å². The molecule has 0 saturated heterocycles. The van der Waals surface area contributed by atoms with Crippen LogP contribution in [0.15, 0.2) is 48.7 Å². The number of hydrogen-bond donors (Lipinski definition) is 3. The lowest BCUT2D eigenvalue weighted by molar-refractivity contribution is 0.100. The normalized spacial score (nSPS) is 11.8. The van der Waals surface area contributed by atoms with E-state index >= 15 is 0 Å². The molecule has 0 saturated carbocycles. The first-order valence-electron chi connectivity index (χ1n) is 8.37. The molecule has 0 aliphatic rings. The van der Waals surface area contributed by atoms with Crippen LogP contribution in [0.1, 0.15) is 28.9 Å². The molecule has 0 spiro atoms. The standard InChI is InChI=1S/C20H19ClN3O3P/c1-10(17-14(21)6-7-16(28)18(17)25)27-15-8-13(9-24-19(15)22)11-2-4-12(5-3-11)20(23)26/h2-10,25H,28H2,1H3,(H2,22,24)(H2,23,26). The van der Waals surface area contributed by atoms with E-state index in [2.05, 4.69) is 14.2 Å². The van der Waals surface area contributed by atoms with Crippen molar-refractivity contribution in [2.75, 3.05) is 5.73 Å². The highest BCUT2D eigenvalue weighted by molar-refractivity contribution is 7.27. The molecule has 0 aliphatic heterocycles. The molecule has 2 unspecified atom stereocenters. The molecule has 1 amide bonds. The van der Waals surface area contributed by atoms with Crippen LogP contribution >= 0.6 is 20.8 Å². The Labute approximate surface area is 169 Å². The van der Waals surface area contributed by atoms with Gasteiger partial charge in [-0.1, -0.05) is 23.7 Å². The van der Waals surface area contributed by atoms with E-state index in [4.69, 9.17) is 27.8 Å². The molecule has 6 nitrogen and oxygen atoms in total. The summed E-state index contributed by atoms with van der Waals surface area (Å²) in [6.07, 6.45) is 1.05. The molecule has 3 aromatic rings. The maximum atomic E-state index is 11.2. The summed E-state index contributed by atoms with van der Waals surface area (Å²) >= 11 is 6.24. The van der Waals surface area contributed by atoms with Gasteiger partial charge in [0.05, 0.1) is 10.6 Å². The summed E-state index contributed by atoms with van der Waals surface area (Å²) in [6, 6.07) is 11.9. The smallest absolute Gasteiger partial charge is 0.248 e. The molecule has 0 radical (unpaired) electrons. The van der Waals surface area contributed by atoms with Gasteiger partial charge in [-0.3, -0.25) is 4.79 Å². The summed E-state index contributed by atoms with van der Waals surface area (Å²) in [5, 5.41) is 11.3. The zero-order valence-corrected chi connectivity index (χ0v) is 16.9. The van der Waals surface area contributed by atoms with Gasteiger partial charge in [-0.05, 0) is 42.8 Å². The lowest BCUT2D eigenvalue weighted by Gasteiger charge is -2.19. The first-order chi connectivity index (χ1) is 13.3. The van der Waals surface area contributed by atoms with E-state index in [0.717, 1.165) is 11.1 Å². The van der Waals surface area contributed by atoms with Crippen LogP contribution < -0.4 is 21.5 Å². The number of carbonyl (C=O) groups is 1. The Bertz CT molecular complexity index is 1040. The molecule has 2 aromatic carbocycles. The van der Waals surface area contributed by atoms with E-state index in [9.17, 15) is 9.90 Å². The van der Waals surface area contributed by atoms with Crippen molar-refractivity contribution in [3.05, 3.63) is 64.8 Å². The van der Waals surface area contributed by atoms with Crippen molar-refractivity contribution >= 4 is 37.9 Å². The van der Waals surface area contributed by atoms with Gasteiger partial charge in [-0.15, -0.1) is 9.24 Å². The number of ether oxygens (including phenoxy) is 1. The number of carbonyl (C=O) groups excluding carboxylic acids is 1. The van der Waals surface area contributed by atoms with Crippen molar-refractivity contribution in [1.29, 1.82) is 0 Å². The van der Waals surface area contributed by atoms with E-state index in [1.54, 1.807) is 55.6 Å². The van der Waals surface area contributed by atoms with Gasteiger partial charge in [0.2, 0.25) is 5.91 Å². The highest BCUT2D eigenvalue weighted by Crippen LogP contribution is 2.36. The van der Waals surface area contributed by atoms with Gasteiger partial charge in [-0.2, -0.15) is 0 Å². The minimum absolute atomic E-state index is 0.0507. The number of nitrogen functional groups attached to an aromatic ring is 1. The van der Waals surface area contributed by atoms with E-state index < -0.39 is 12.0 Å². The molecule has 0 fully saturated rings. The minimum Gasteiger partial charge on any atom is -0.507 e. The van der Waals surface area contributed by atoms with Gasteiger partial charge < -0.3 is 21.3 Å². The molecular weight excluding hydrogens is 397 g/mol. The zero-order valence-electron chi connectivity index (χ0n) is 15.0. The number of nitrogens with zero attached hydrogens (tertiary/aromatic N) is 1. The number of pyridine rings is 1. The molecule has 28 heavy (non-hydrogen) atoms. The quantitative estimate of drug-likeness (QED) is 0.553. The number of hydrogen-bond acceptors (Lipinski definition) is 5. The summed E-state index contributed by atoms with van der Waals surface area (Å²) in [6.45, 7) is 1.76. The highest BCUT2D eigenvalue weighted by atomic mass is 35.5.